The highest BCUT2D eigenvalue weighted by atomic mass is 32.2. The molecule has 0 N–H and O–H groups in total. The second-order valence-electron chi connectivity index (χ2n) is 11.1. The maximum Gasteiger partial charge on any atom is 0.338 e. The number of rotatable bonds is 14. The smallest absolute Gasteiger partial charge is 0.338 e. The molecule has 0 radical (unpaired) electrons. The van der Waals surface area contributed by atoms with Gasteiger partial charge in [-0.1, -0.05) is 48.0 Å². The molecular formula is C37H34FNO8S2. The van der Waals surface area contributed by atoms with E-state index in [9.17, 15) is 22.8 Å². The largest absolute Gasteiger partial charge is 0.466 e. The van der Waals surface area contributed by atoms with Gasteiger partial charge in [-0.2, -0.15) is 0 Å². The van der Waals surface area contributed by atoms with Gasteiger partial charge in [-0.05, 0) is 74.0 Å². The monoisotopic (exact) mass is 703 g/mol. The first-order valence-corrected chi connectivity index (χ1v) is 18.1. The number of fused-ring (bicyclic) bond motifs is 1. The van der Waals surface area contributed by atoms with E-state index in [1.54, 1.807) is 43.5 Å². The Labute approximate surface area is 288 Å². The molecule has 0 aliphatic carbocycles. The van der Waals surface area contributed by atoms with Crippen molar-refractivity contribution < 1.29 is 41.4 Å². The Morgan fingerprint density at radius 1 is 0.898 bits per heavy atom. The lowest BCUT2D eigenvalue weighted by atomic mass is 10.0. The normalized spacial score (nSPS) is 11.3. The number of Topliss-reactive ketones (excluding diaryl/α,β-unsaturated/α-hetero) is 1. The van der Waals surface area contributed by atoms with Crippen molar-refractivity contribution in [3.05, 3.63) is 119 Å². The third-order valence-corrected chi connectivity index (χ3v) is 10.1. The second kappa shape index (κ2) is 15.5. The number of hydrogen-bond donors (Lipinski definition) is 0. The van der Waals surface area contributed by atoms with Gasteiger partial charge in [-0.3, -0.25) is 9.59 Å². The van der Waals surface area contributed by atoms with Crippen LogP contribution in [-0.4, -0.2) is 49.6 Å². The number of carbonyl (C=O) groups is 3. The molecule has 12 heteroatoms. The van der Waals surface area contributed by atoms with E-state index in [0.29, 0.717) is 23.3 Å². The van der Waals surface area contributed by atoms with Crippen molar-refractivity contribution in [2.75, 3.05) is 19.5 Å². The second-order valence-corrected chi connectivity index (χ2v) is 13.8. The molecule has 1 aromatic heterocycles. The zero-order valence-corrected chi connectivity index (χ0v) is 28.7. The minimum absolute atomic E-state index is 0.0386. The average Bonchev–Trinajstić information content (AvgIpc) is 3.51. The summed E-state index contributed by atoms with van der Waals surface area (Å²) in [4.78, 5) is 37.6. The van der Waals surface area contributed by atoms with Gasteiger partial charge in [0, 0.05) is 30.5 Å². The van der Waals surface area contributed by atoms with Crippen LogP contribution in [0.1, 0.15) is 40.4 Å². The SMILES string of the molecule is CCOC(=O)CCc1cccc(CC(=O)COC(=O)c2cccc(Oc3c(F)cc4c(ccn4S(=O)(=O)c4ccc(C)cc4)c3SC)c2)c1. The molecular weight excluding hydrogens is 670 g/mol. The van der Waals surface area contributed by atoms with Crippen molar-refractivity contribution >= 4 is 50.4 Å². The van der Waals surface area contributed by atoms with E-state index in [0.717, 1.165) is 26.7 Å². The first-order valence-electron chi connectivity index (χ1n) is 15.4. The van der Waals surface area contributed by atoms with E-state index in [2.05, 4.69) is 0 Å². The van der Waals surface area contributed by atoms with Crippen LogP contribution < -0.4 is 4.74 Å². The maximum atomic E-state index is 15.6. The highest BCUT2D eigenvalue weighted by Crippen LogP contribution is 2.41. The highest BCUT2D eigenvalue weighted by molar-refractivity contribution is 7.99. The van der Waals surface area contributed by atoms with E-state index >= 15 is 4.39 Å². The maximum absolute atomic E-state index is 15.6. The molecule has 0 saturated carbocycles. The molecule has 5 aromatic rings. The van der Waals surface area contributed by atoms with Gasteiger partial charge in [0.1, 0.15) is 5.75 Å². The van der Waals surface area contributed by atoms with Crippen molar-refractivity contribution in [1.82, 2.24) is 3.97 Å². The quantitative estimate of drug-likeness (QED) is 0.0867. The molecule has 4 aromatic carbocycles. The van der Waals surface area contributed by atoms with Gasteiger partial charge in [-0.25, -0.2) is 21.6 Å². The van der Waals surface area contributed by atoms with Crippen LogP contribution >= 0.6 is 11.8 Å². The van der Waals surface area contributed by atoms with Crippen LogP contribution in [0.5, 0.6) is 11.5 Å². The van der Waals surface area contributed by atoms with E-state index in [1.807, 2.05) is 19.1 Å². The lowest BCUT2D eigenvalue weighted by molar-refractivity contribution is -0.143. The third kappa shape index (κ3) is 8.38. The van der Waals surface area contributed by atoms with Crippen molar-refractivity contribution in [2.24, 2.45) is 0 Å². The summed E-state index contributed by atoms with van der Waals surface area (Å²) in [6.07, 6.45) is 3.85. The summed E-state index contributed by atoms with van der Waals surface area (Å²) in [5, 5.41) is 0.471. The summed E-state index contributed by atoms with van der Waals surface area (Å²) < 4.78 is 59.6. The van der Waals surface area contributed by atoms with Crippen LogP contribution in [-0.2, 0) is 41.9 Å². The van der Waals surface area contributed by atoms with Gasteiger partial charge in [0.05, 0.1) is 27.5 Å². The summed E-state index contributed by atoms with van der Waals surface area (Å²) in [6.45, 7) is 3.46. The summed E-state index contributed by atoms with van der Waals surface area (Å²) in [5.74, 6) is -2.15. The number of ketones is 1. The fourth-order valence-electron chi connectivity index (χ4n) is 5.19. The van der Waals surface area contributed by atoms with Gasteiger partial charge in [0.15, 0.2) is 24.0 Å². The third-order valence-electron chi connectivity index (χ3n) is 7.57. The molecule has 0 aliphatic heterocycles. The van der Waals surface area contributed by atoms with Crippen LogP contribution in [0.25, 0.3) is 10.9 Å². The summed E-state index contributed by atoms with van der Waals surface area (Å²) in [6, 6.07) is 22.3. The fourth-order valence-corrected chi connectivity index (χ4v) is 7.25. The predicted molar refractivity (Wildman–Crippen MR) is 184 cm³/mol. The topological polar surface area (TPSA) is 118 Å². The van der Waals surface area contributed by atoms with Crippen molar-refractivity contribution in [2.45, 2.75) is 42.9 Å². The number of halogens is 1. The molecule has 1 heterocycles. The zero-order chi connectivity index (χ0) is 35.1. The highest BCUT2D eigenvalue weighted by Gasteiger charge is 2.24. The van der Waals surface area contributed by atoms with E-state index in [4.69, 9.17) is 14.2 Å². The van der Waals surface area contributed by atoms with Crippen LogP contribution in [0.4, 0.5) is 4.39 Å². The number of hydrogen-bond acceptors (Lipinski definition) is 9. The number of aromatic nitrogens is 1. The first-order chi connectivity index (χ1) is 23.5. The van der Waals surface area contributed by atoms with Gasteiger partial charge >= 0.3 is 11.9 Å². The van der Waals surface area contributed by atoms with Crippen molar-refractivity contribution in [3.63, 3.8) is 0 Å². The standard InChI is InChI=1S/C37H34FNO8S2/c1-4-45-34(41)16-13-25-7-5-8-26(19-25)20-28(40)23-46-37(42)27-9-6-10-29(21-27)47-35-32(38)22-33-31(36(35)48-3)17-18-39(33)49(43,44)30-14-11-24(2)12-15-30/h5-12,14-15,17-19,21-22H,4,13,16,20,23H2,1-3H3. The Morgan fingerprint density at radius 3 is 2.37 bits per heavy atom. The number of benzene rings is 4. The molecule has 0 bridgehead atoms. The van der Waals surface area contributed by atoms with Crippen molar-refractivity contribution in [1.29, 1.82) is 0 Å². The molecule has 0 amide bonds. The molecule has 0 atom stereocenters. The summed E-state index contributed by atoms with van der Waals surface area (Å²) in [5.41, 5.74) is 2.76. The van der Waals surface area contributed by atoms with E-state index in [1.165, 1.54) is 54.4 Å². The molecule has 0 aliphatic rings. The number of esters is 2. The van der Waals surface area contributed by atoms with Gasteiger partial charge < -0.3 is 14.2 Å². The average molecular weight is 704 g/mol. The van der Waals surface area contributed by atoms with Gasteiger partial charge in [0.2, 0.25) is 0 Å². The molecule has 9 nitrogen and oxygen atoms in total. The van der Waals surface area contributed by atoms with Crippen molar-refractivity contribution in [3.8, 4) is 11.5 Å². The number of carbonyl (C=O) groups excluding carboxylic acids is 3. The van der Waals surface area contributed by atoms with Crippen LogP contribution in [0.2, 0.25) is 0 Å². The van der Waals surface area contributed by atoms with Crippen LogP contribution in [0.15, 0.2) is 101 Å². The molecule has 0 fully saturated rings. The Bertz CT molecular complexity index is 2120. The lowest BCUT2D eigenvalue weighted by Crippen LogP contribution is -2.16. The summed E-state index contributed by atoms with van der Waals surface area (Å²) >= 11 is 1.19. The Hall–Kier alpha value is -4.94. The number of nitrogens with zero attached hydrogens (tertiary/aromatic N) is 1. The first kappa shape index (κ1) is 35.4. The van der Waals surface area contributed by atoms with Crippen LogP contribution in [0.3, 0.4) is 0 Å². The number of aryl methyl sites for hydroxylation is 2. The molecule has 0 spiro atoms. The molecule has 5 rings (SSSR count). The van der Waals surface area contributed by atoms with Gasteiger partial charge in [0.25, 0.3) is 10.0 Å². The van der Waals surface area contributed by atoms with Gasteiger partial charge in [-0.15, -0.1) is 11.8 Å². The van der Waals surface area contributed by atoms with Crippen LogP contribution in [0, 0.1) is 12.7 Å². The molecule has 0 unspecified atom stereocenters. The van der Waals surface area contributed by atoms with E-state index in [-0.39, 0.29) is 52.1 Å². The number of thioether (sulfide) groups is 1. The Morgan fingerprint density at radius 2 is 1.63 bits per heavy atom. The lowest BCUT2D eigenvalue weighted by Gasteiger charge is -2.14. The fraction of sp³-hybridized carbons (Fsp3) is 0.216. The minimum atomic E-state index is -4.00. The molecule has 49 heavy (non-hydrogen) atoms. The summed E-state index contributed by atoms with van der Waals surface area (Å²) in [7, 11) is -4.00. The molecule has 0 saturated heterocycles. The Balaban J connectivity index is 1.26. The predicted octanol–water partition coefficient (Wildman–Crippen LogP) is 7.30. The zero-order valence-electron chi connectivity index (χ0n) is 27.1. The minimum Gasteiger partial charge on any atom is -0.466 e. The number of ether oxygens (including phenoxy) is 3. The molecule has 254 valence electrons. The van der Waals surface area contributed by atoms with E-state index < -0.39 is 28.4 Å². The Kier molecular flexibility index (Phi) is 11.2.